The Morgan fingerprint density at radius 3 is 1.52 bits per heavy atom. The summed E-state index contributed by atoms with van der Waals surface area (Å²) in [6, 6.07) is 0. The molecular weight excluding hydrogens is 358 g/mol. The molecule has 10 nitrogen and oxygen atoms in total. The minimum atomic E-state index is -0.873. The molecule has 0 saturated carbocycles. The lowest BCUT2D eigenvalue weighted by Gasteiger charge is -2.13. The largest absolute Gasteiger partial charge is 0.461 e. The maximum absolute atomic E-state index is 12.5. The Bertz CT molecular complexity index is 812. The van der Waals surface area contributed by atoms with E-state index in [4.69, 9.17) is 9.47 Å². The van der Waals surface area contributed by atoms with E-state index in [0.717, 1.165) is 32.3 Å². The van der Waals surface area contributed by atoms with Crippen LogP contribution in [0, 0.1) is 0 Å². The van der Waals surface area contributed by atoms with Crippen LogP contribution >= 0.6 is 0 Å². The van der Waals surface area contributed by atoms with Crippen LogP contribution < -0.4 is 17.1 Å². The molecule has 0 spiro atoms. The number of hydrogen-bond donors (Lipinski definition) is 0. The van der Waals surface area contributed by atoms with Gasteiger partial charge in [-0.05, 0) is 6.42 Å². The molecule has 0 N–H and O–H groups in total. The summed E-state index contributed by atoms with van der Waals surface area (Å²) in [4.78, 5) is 59.7. The van der Waals surface area contributed by atoms with Gasteiger partial charge in [-0.2, -0.15) is 0 Å². The molecular formula is C17H23N3O7. The second-order valence-corrected chi connectivity index (χ2v) is 5.40. The van der Waals surface area contributed by atoms with Crippen LogP contribution in [-0.4, -0.2) is 38.9 Å². The number of aromatic nitrogens is 3. The Morgan fingerprint density at radius 2 is 1.19 bits per heavy atom. The second-order valence-electron chi connectivity index (χ2n) is 5.40. The fraction of sp³-hybridized carbons (Fsp3) is 0.471. The molecule has 0 unspecified atom stereocenters. The van der Waals surface area contributed by atoms with E-state index >= 15 is 0 Å². The fourth-order valence-electron chi connectivity index (χ4n) is 2.17. The summed E-state index contributed by atoms with van der Waals surface area (Å²) >= 11 is 0. The Morgan fingerprint density at radius 1 is 0.815 bits per heavy atom. The molecule has 0 saturated heterocycles. The molecule has 0 aliphatic carbocycles. The Kier molecular flexibility index (Phi) is 8.70. The SMILES string of the molecule is C=CC(=O)OCCn1c(=O)n(CCCC)c(=O)n(CCOC(=O)C=C)c1=O. The highest BCUT2D eigenvalue weighted by atomic mass is 16.5. The predicted molar refractivity (Wildman–Crippen MR) is 96.4 cm³/mol. The van der Waals surface area contributed by atoms with E-state index in [1.165, 1.54) is 0 Å². The van der Waals surface area contributed by atoms with E-state index in [1.807, 2.05) is 6.92 Å². The van der Waals surface area contributed by atoms with Crippen LogP contribution in [0.2, 0.25) is 0 Å². The molecule has 27 heavy (non-hydrogen) atoms. The third-order valence-corrected chi connectivity index (χ3v) is 3.57. The Hall–Kier alpha value is -3.17. The van der Waals surface area contributed by atoms with Crippen molar-refractivity contribution in [2.24, 2.45) is 0 Å². The van der Waals surface area contributed by atoms with Gasteiger partial charge in [0.15, 0.2) is 0 Å². The molecule has 0 bridgehead atoms. The molecule has 0 amide bonds. The van der Waals surface area contributed by atoms with Crippen LogP contribution in [0.25, 0.3) is 0 Å². The Balaban J connectivity index is 3.22. The molecule has 1 rings (SSSR count). The van der Waals surface area contributed by atoms with Crippen LogP contribution in [0.15, 0.2) is 39.7 Å². The van der Waals surface area contributed by atoms with Gasteiger partial charge in [0.1, 0.15) is 13.2 Å². The first kappa shape index (κ1) is 21.9. The number of esters is 2. The van der Waals surface area contributed by atoms with Gasteiger partial charge in [-0.3, -0.25) is 0 Å². The first-order valence-electron chi connectivity index (χ1n) is 8.40. The summed E-state index contributed by atoms with van der Waals surface area (Å²) in [5.74, 6) is -1.39. The molecule has 1 heterocycles. The average molecular weight is 381 g/mol. The lowest BCUT2D eigenvalue weighted by Crippen LogP contribution is -2.55. The quantitative estimate of drug-likeness (QED) is 0.372. The average Bonchev–Trinajstić information content (AvgIpc) is 2.66. The number of nitrogens with zero attached hydrogens (tertiary/aromatic N) is 3. The van der Waals surface area contributed by atoms with Gasteiger partial charge < -0.3 is 9.47 Å². The van der Waals surface area contributed by atoms with Gasteiger partial charge in [0.05, 0.1) is 13.1 Å². The predicted octanol–water partition coefficient (Wildman–Crippen LogP) is -0.570. The molecule has 0 fully saturated rings. The number of carbonyl (C=O) groups excluding carboxylic acids is 2. The molecule has 148 valence electrons. The van der Waals surface area contributed by atoms with Crippen molar-refractivity contribution in [2.75, 3.05) is 13.2 Å². The molecule has 0 atom stereocenters. The van der Waals surface area contributed by atoms with E-state index in [9.17, 15) is 24.0 Å². The molecule has 0 aliphatic heterocycles. The van der Waals surface area contributed by atoms with E-state index in [-0.39, 0.29) is 32.8 Å². The van der Waals surface area contributed by atoms with Gasteiger partial charge in [-0.15, -0.1) is 0 Å². The summed E-state index contributed by atoms with van der Waals surface area (Å²) in [7, 11) is 0. The molecule has 10 heteroatoms. The highest BCUT2D eigenvalue weighted by molar-refractivity contribution is 5.81. The highest BCUT2D eigenvalue weighted by Gasteiger charge is 2.15. The summed E-state index contributed by atoms with van der Waals surface area (Å²) in [6.45, 7) is 7.59. The van der Waals surface area contributed by atoms with E-state index in [0.29, 0.717) is 6.42 Å². The zero-order valence-corrected chi connectivity index (χ0v) is 15.2. The topological polar surface area (TPSA) is 119 Å². The third-order valence-electron chi connectivity index (χ3n) is 3.57. The number of unbranched alkanes of at least 4 members (excludes halogenated alkanes) is 1. The molecule has 1 aromatic heterocycles. The van der Waals surface area contributed by atoms with Crippen LogP contribution in [0.4, 0.5) is 0 Å². The molecule has 0 radical (unpaired) electrons. The normalized spacial score (nSPS) is 10.3. The minimum absolute atomic E-state index is 0.132. The maximum atomic E-state index is 12.5. The number of hydrogen-bond acceptors (Lipinski definition) is 7. The van der Waals surface area contributed by atoms with Gasteiger partial charge in [0.25, 0.3) is 0 Å². The Labute approximate surface area is 154 Å². The van der Waals surface area contributed by atoms with Crippen molar-refractivity contribution in [1.82, 2.24) is 13.7 Å². The summed E-state index contributed by atoms with van der Waals surface area (Å²) in [5, 5.41) is 0. The van der Waals surface area contributed by atoms with Crippen molar-refractivity contribution in [1.29, 1.82) is 0 Å². The van der Waals surface area contributed by atoms with Crippen LogP contribution in [0.1, 0.15) is 19.8 Å². The standard InChI is InChI=1S/C17H23N3O7/c1-4-7-8-18-15(23)19(9-11-26-13(21)5-2)17(25)20(16(18)24)10-12-27-14(22)6-3/h5-6H,2-4,7-12H2,1H3. The zero-order chi connectivity index (χ0) is 20.4. The zero-order valence-electron chi connectivity index (χ0n) is 15.2. The van der Waals surface area contributed by atoms with Gasteiger partial charge in [-0.1, -0.05) is 26.5 Å². The molecule has 1 aromatic rings. The number of carbonyl (C=O) groups is 2. The summed E-state index contributed by atoms with van der Waals surface area (Å²) < 4.78 is 12.1. The number of rotatable bonds is 11. The first-order chi connectivity index (χ1) is 12.9. The van der Waals surface area contributed by atoms with Crippen molar-refractivity contribution in [3.63, 3.8) is 0 Å². The van der Waals surface area contributed by atoms with Gasteiger partial charge in [0, 0.05) is 18.7 Å². The summed E-state index contributed by atoms with van der Waals surface area (Å²) in [6.07, 6.45) is 3.21. The molecule has 0 aromatic carbocycles. The van der Waals surface area contributed by atoms with Gasteiger partial charge in [-0.25, -0.2) is 37.7 Å². The van der Waals surface area contributed by atoms with E-state index < -0.39 is 29.0 Å². The third kappa shape index (κ3) is 5.94. The van der Waals surface area contributed by atoms with Crippen molar-refractivity contribution >= 4 is 11.9 Å². The van der Waals surface area contributed by atoms with Crippen molar-refractivity contribution in [2.45, 2.75) is 39.4 Å². The van der Waals surface area contributed by atoms with Crippen molar-refractivity contribution in [3.05, 3.63) is 56.8 Å². The van der Waals surface area contributed by atoms with Gasteiger partial charge >= 0.3 is 29.0 Å². The summed E-state index contributed by atoms with van der Waals surface area (Å²) in [5.41, 5.74) is -2.44. The smallest absolute Gasteiger partial charge is 0.336 e. The highest BCUT2D eigenvalue weighted by Crippen LogP contribution is 1.89. The van der Waals surface area contributed by atoms with Crippen LogP contribution in [-0.2, 0) is 38.7 Å². The van der Waals surface area contributed by atoms with Crippen LogP contribution in [0.5, 0.6) is 0 Å². The fourth-order valence-corrected chi connectivity index (χ4v) is 2.17. The van der Waals surface area contributed by atoms with Crippen molar-refractivity contribution < 1.29 is 19.1 Å². The lowest BCUT2D eigenvalue weighted by atomic mass is 10.3. The monoisotopic (exact) mass is 381 g/mol. The van der Waals surface area contributed by atoms with Crippen LogP contribution in [0.3, 0.4) is 0 Å². The number of ether oxygens (including phenoxy) is 2. The lowest BCUT2D eigenvalue weighted by molar-refractivity contribution is -0.138. The van der Waals surface area contributed by atoms with E-state index in [2.05, 4.69) is 13.2 Å². The minimum Gasteiger partial charge on any atom is -0.461 e. The first-order valence-corrected chi connectivity index (χ1v) is 8.40. The van der Waals surface area contributed by atoms with E-state index in [1.54, 1.807) is 0 Å². The maximum Gasteiger partial charge on any atom is 0.336 e. The van der Waals surface area contributed by atoms with Gasteiger partial charge in [0.2, 0.25) is 0 Å². The molecule has 0 aliphatic rings. The second kappa shape index (κ2) is 10.7. The van der Waals surface area contributed by atoms with Crippen molar-refractivity contribution in [3.8, 4) is 0 Å².